The van der Waals surface area contributed by atoms with E-state index in [-0.39, 0.29) is 0 Å². The minimum absolute atomic E-state index is 0.352. The number of aliphatic hydroxyl groups is 1. The zero-order valence-corrected chi connectivity index (χ0v) is 9.86. The summed E-state index contributed by atoms with van der Waals surface area (Å²) in [6.45, 7) is 0. The fourth-order valence-corrected chi connectivity index (χ4v) is 1.74. The molecule has 1 saturated carbocycles. The van der Waals surface area contributed by atoms with E-state index in [1.165, 1.54) is 0 Å². The maximum Gasteiger partial charge on any atom is 0.161 e. The largest absolute Gasteiger partial charge is 0.490 e. The summed E-state index contributed by atoms with van der Waals surface area (Å²) in [7, 11) is 0. The van der Waals surface area contributed by atoms with E-state index in [9.17, 15) is 5.11 Å². The Morgan fingerprint density at radius 3 is 2.67 bits per heavy atom. The highest BCUT2D eigenvalue weighted by atomic mass is 16.5. The van der Waals surface area contributed by atoms with Gasteiger partial charge in [0.25, 0.3) is 0 Å². The van der Waals surface area contributed by atoms with Gasteiger partial charge in [0.15, 0.2) is 5.82 Å². The van der Waals surface area contributed by atoms with Crippen molar-refractivity contribution in [1.29, 1.82) is 0 Å². The van der Waals surface area contributed by atoms with Crippen LogP contribution in [-0.4, -0.2) is 21.2 Å². The topological polar surface area (TPSA) is 55.2 Å². The molecule has 1 aliphatic rings. The minimum atomic E-state index is -0.811. The van der Waals surface area contributed by atoms with Crippen LogP contribution in [0.2, 0.25) is 0 Å². The first-order valence-corrected chi connectivity index (χ1v) is 6.04. The average Bonchev–Trinajstić information content (AvgIpc) is 3.23. The van der Waals surface area contributed by atoms with Crippen molar-refractivity contribution < 1.29 is 9.84 Å². The monoisotopic (exact) mass is 242 g/mol. The lowest BCUT2D eigenvalue weighted by molar-refractivity contribution is 0.208. The Bertz CT molecular complexity index is 526. The Morgan fingerprint density at radius 1 is 1.17 bits per heavy atom. The molecule has 1 fully saturated rings. The summed E-state index contributed by atoms with van der Waals surface area (Å²) in [6, 6.07) is 9.20. The van der Waals surface area contributed by atoms with Crippen molar-refractivity contribution in [1.82, 2.24) is 9.97 Å². The summed E-state index contributed by atoms with van der Waals surface area (Å²) in [5, 5.41) is 10.2. The Kier molecular flexibility index (Phi) is 2.94. The Balaban J connectivity index is 1.82. The van der Waals surface area contributed by atoms with Crippen molar-refractivity contribution >= 4 is 0 Å². The molecule has 0 saturated heterocycles. The molecule has 2 aromatic rings. The summed E-state index contributed by atoms with van der Waals surface area (Å²) >= 11 is 0. The van der Waals surface area contributed by atoms with Crippen LogP contribution >= 0.6 is 0 Å². The first-order valence-electron chi connectivity index (χ1n) is 6.04. The zero-order valence-electron chi connectivity index (χ0n) is 9.86. The number of aliphatic hydroxyl groups excluding tert-OH is 1. The summed E-state index contributed by atoms with van der Waals surface area (Å²) in [5.74, 6) is 1.20. The van der Waals surface area contributed by atoms with E-state index in [1.807, 2.05) is 24.3 Å². The fourth-order valence-electron chi connectivity index (χ4n) is 1.74. The molecular weight excluding hydrogens is 228 g/mol. The fraction of sp³-hybridized carbons (Fsp3) is 0.286. The summed E-state index contributed by atoms with van der Waals surface area (Å²) in [5.41, 5.74) is 0.749. The van der Waals surface area contributed by atoms with Gasteiger partial charge in [-0.25, -0.2) is 9.97 Å². The third-order valence-corrected chi connectivity index (χ3v) is 2.83. The van der Waals surface area contributed by atoms with Crippen molar-refractivity contribution in [2.45, 2.75) is 25.0 Å². The molecule has 0 amide bonds. The number of ether oxygens (including phenoxy) is 1. The van der Waals surface area contributed by atoms with E-state index in [0.29, 0.717) is 11.9 Å². The predicted octanol–water partition coefficient (Wildman–Crippen LogP) is 2.10. The second kappa shape index (κ2) is 4.74. The quantitative estimate of drug-likeness (QED) is 0.892. The third kappa shape index (κ3) is 2.49. The molecule has 1 atom stereocenters. The molecule has 0 radical (unpaired) electrons. The van der Waals surface area contributed by atoms with Gasteiger partial charge in [0.1, 0.15) is 11.9 Å². The van der Waals surface area contributed by atoms with Crippen molar-refractivity contribution in [3.05, 3.63) is 54.1 Å². The maximum atomic E-state index is 10.2. The summed E-state index contributed by atoms with van der Waals surface area (Å²) in [6.07, 6.45) is 5.02. The van der Waals surface area contributed by atoms with E-state index in [4.69, 9.17) is 4.74 Å². The van der Waals surface area contributed by atoms with Gasteiger partial charge in [-0.05, 0) is 36.6 Å². The third-order valence-electron chi connectivity index (χ3n) is 2.83. The molecule has 3 rings (SSSR count). The Labute approximate surface area is 105 Å². The molecule has 1 unspecified atom stereocenters. The molecule has 1 aromatic carbocycles. The summed E-state index contributed by atoms with van der Waals surface area (Å²) in [4.78, 5) is 8.11. The predicted molar refractivity (Wildman–Crippen MR) is 66.2 cm³/mol. The van der Waals surface area contributed by atoms with Crippen LogP contribution in [0.15, 0.2) is 42.7 Å². The highest BCUT2D eigenvalue weighted by Crippen LogP contribution is 2.29. The SMILES string of the molecule is OC(c1cccc(OC2CC2)c1)c1ncccn1. The minimum Gasteiger partial charge on any atom is -0.490 e. The van der Waals surface area contributed by atoms with Crippen LogP contribution in [0.5, 0.6) is 5.75 Å². The molecule has 0 bridgehead atoms. The van der Waals surface area contributed by atoms with E-state index in [2.05, 4.69) is 9.97 Å². The molecule has 1 aromatic heterocycles. The number of hydrogen-bond acceptors (Lipinski definition) is 4. The highest BCUT2D eigenvalue weighted by Gasteiger charge is 2.23. The van der Waals surface area contributed by atoms with Gasteiger partial charge in [-0.2, -0.15) is 0 Å². The Morgan fingerprint density at radius 2 is 1.94 bits per heavy atom. The average molecular weight is 242 g/mol. The standard InChI is InChI=1S/C14H14N2O2/c17-13(14-15-7-2-8-16-14)10-3-1-4-12(9-10)18-11-5-6-11/h1-4,7-9,11,13,17H,5-6H2. The van der Waals surface area contributed by atoms with E-state index < -0.39 is 6.10 Å². The highest BCUT2D eigenvalue weighted by molar-refractivity contribution is 5.32. The normalized spacial score (nSPS) is 16.3. The van der Waals surface area contributed by atoms with Crippen molar-refractivity contribution in [3.8, 4) is 5.75 Å². The first-order chi connectivity index (χ1) is 8.83. The smallest absolute Gasteiger partial charge is 0.161 e. The van der Waals surface area contributed by atoms with Crippen LogP contribution < -0.4 is 4.74 Å². The molecule has 92 valence electrons. The van der Waals surface area contributed by atoms with Gasteiger partial charge in [-0.3, -0.25) is 0 Å². The number of rotatable bonds is 4. The van der Waals surface area contributed by atoms with E-state index in [0.717, 1.165) is 24.2 Å². The van der Waals surface area contributed by atoms with Gasteiger partial charge in [0.2, 0.25) is 0 Å². The van der Waals surface area contributed by atoms with E-state index in [1.54, 1.807) is 18.5 Å². The molecule has 1 heterocycles. The maximum absolute atomic E-state index is 10.2. The van der Waals surface area contributed by atoms with Crippen molar-refractivity contribution in [2.24, 2.45) is 0 Å². The molecular formula is C14H14N2O2. The Hall–Kier alpha value is -1.94. The number of hydrogen-bond donors (Lipinski definition) is 1. The van der Waals surface area contributed by atoms with Gasteiger partial charge in [-0.1, -0.05) is 12.1 Å². The second-order valence-electron chi connectivity index (χ2n) is 4.40. The lowest BCUT2D eigenvalue weighted by Gasteiger charge is -2.11. The number of aromatic nitrogens is 2. The molecule has 0 spiro atoms. The van der Waals surface area contributed by atoms with E-state index >= 15 is 0 Å². The molecule has 1 aliphatic carbocycles. The zero-order chi connectivity index (χ0) is 12.4. The first kappa shape index (κ1) is 11.2. The van der Waals surface area contributed by atoms with Crippen LogP contribution in [-0.2, 0) is 0 Å². The van der Waals surface area contributed by atoms with Crippen LogP contribution in [0.1, 0.15) is 30.3 Å². The van der Waals surface area contributed by atoms with Crippen LogP contribution in [0.4, 0.5) is 0 Å². The van der Waals surface area contributed by atoms with Gasteiger partial charge in [-0.15, -0.1) is 0 Å². The van der Waals surface area contributed by atoms with Gasteiger partial charge in [0.05, 0.1) is 6.10 Å². The molecule has 0 aliphatic heterocycles. The lowest BCUT2D eigenvalue weighted by Crippen LogP contribution is -2.05. The number of benzene rings is 1. The number of nitrogens with zero attached hydrogens (tertiary/aromatic N) is 2. The van der Waals surface area contributed by atoms with Gasteiger partial charge in [0, 0.05) is 12.4 Å². The molecule has 1 N–H and O–H groups in total. The van der Waals surface area contributed by atoms with Gasteiger partial charge < -0.3 is 9.84 Å². The van der Waals surface area contributed by atoms with Crippen LogP contribution in [0, 0.1) is 0 Å². The molecule has 4 nitrogen and oxygen atoms in total. The van der Waals surface area contributed by atoms with Crippen molar-refractivity contribution in [2.75, 3.05) is 0 Å². The van der Waals surface area contributed by atoms with Crippen LogP contribution in [0.3, 0.4) is 0 Å². The lowest BCUT2D eigenvalue weighted by atomic mass is 10.1. The second-order valence-corrected chi connectivity index (χ2v) is 4.40. The van der Waals surface area contributed by atoms with Crippen molar-refractivity contribution in [3.63, 3.8) is 0 Å². The molecule has 18 heavy (non-hydrogen) atoms. The van der Waals surface area contributed by atoms with Gasteiger partial charge >= 0.3 is 0 Å². The van der Waals surface area contributed by atoms with Crippen LogP contribution in [0.25, 0.3) is 0 Å². The molecule has 4 heteroatoms. The summed E-state index contributed by atoms with van der Waals surface area (Å²) < 4.78 is 5.70.